The SMILES string of the molecule is CCCCCOc1ccc(C=NNC(=O)CSc2nnc(-c3ccc(C)cc3)n2CC)cc1. The maximum absolute atomic E-state index is 12.2. The number of carbonyl (C=O) groups excluding carboxylic acids is 1. The van der Waals surface area contributed by atoms with Gasteiger partial charge in [0.15, 0.2) is 11.0 Å². The summed E-state index contributed by atoms with van der Waals surface area (Å²) in [6.07, 6.45) is 5.03. The number of hydrogen-bond donors (Lipinski definition) is 1. The van der Waals surface area contributed by atoms with Crippen LogP contribution in [0.4, 0.5) is 0 Å². The highest BCUT2D eigenvalue weighted by molar-refractivity contribution is 7.99. The Morgan fingerprint density at radius 2 is 1.85 bits per heavy atom. The summed E-state index contributed by atoms with van der Waals surface area (Å²) in [4.78, 5) is 12.2. The van der Waals surface area contributed by atoms with Crippen molar-refractivity contribution in [3.8, 4) is 17.1 Å². The molecule has 0 spiro atoms. The minimum Gasteiger partial charge on any atom is -0.494 e. The first-order chi connectivity index (χ1) is 16.1. The van der Waals surface area contributed by atoms with Gasteiger partial charge in [-0.1, -0.05) is 61.4 Å². The predicted molar refractivity (Wildman–Crippen MR) is 134 cm³/mol. The Morgan fingerprint density at radius 3 is 2.55 bits per heavy atom. The Bertz CT molecular complexity index is 1050. The fourth-order valence-electron chi connectivity index (χ4n) is 3.13. The van der Waals surface area contributed by atoms with Gasteiger partial charge in [0.2, 0.25) is 0 Å². The number of unbranched alkanes of at least 4 members (excludes halogenated alkanes) is 2. The van der Waals surface area contributed by atoms with Crippen LogP contribution >= 0.6 is 11.8 Å². The van der Waals surface area contributed by atoms with E-state index < -0.39 is 0 Å². The molecule has 7 nitrogen and oxygen atoms in total. The van der Waals surface area contributed by atoms with Crippen LogP contribution in [0.25, 0.3) is 11.4 Å². The number of rotatable bonds is 12. The molecule has 0 saturated carbocycles. The van der Waals surface area contributed by atoms with Gasteiger partial charge >= 0.3 is 0 Å². The van der Waals surface area contributed by atoms with Crippen molar-refractivity contribution in [2.45, 2.75) is 51.7 Å². The quantitative estimate of drug-likeness (QED) is 0.174. The molecule has 0 bridgehead atoms. The van der Waals surface area contributed by atoms with Crippen LogP contribution in [-0.2, 0) is 11.3 Å². The minimum absolute atomic E-state index is 0.199. The molecule has 1 amide bonds. The molecule has 3 aromatic rings. The first kappa shape index (κ1) is 24.5. The first-order valence-electron chi connectivity index (χ1n) is 11.3. The van der Waals surface area contributed by atoms with E-state index in [1.165, 1.54) is 30.2 Å². The Balaban J connectivity index is 1.47. The van der Waals surface area contributed by atoms with Crippen LogP contribution < -0.4 is 10.2 Å². The molecule has 0 fully saturated rings. The van der Waals surface area contributed by atoms with Crippen LogP contribution in [0.5, 0.6) is 5.75 Å². The number of hydrazone groups is 1. The molecule has 0 saturated heterocycles. The van der Waals surface area contributed by atoms with Gasteiger partial charge in [0, 0.05) is 12.1 Å². The molecule has 33 heavy (non-hydrogen) atoms. The molecule has 0 aliphatic rings. The van der Waals surface area contributed by atoms with Crippen LogP contribution in [0, 0.1) is 6.92 Å². The molecule has 174 valence electrons. The molecule has 0 atom stereocenters. The van der Waals surface area contributed by atoms with Crippen LogP contribution in [-0.4, -0.2) is 39.2 Å². The summed E-state index contributed by atoms with van der Waals surface area (Å²) in [5.74, 6) is 1.65. The fraction of sp³-hybridized carbons (Fsp3) is 0.360. The van der Waals surface area contributed by atoms with Crippen molar-refractivity contribution in [2.75, 3.05) is 12.4 Å². The van der Waals surface area contributed by atoms with Gasteiger partial charge in [-0.25, -0.2) is 5.43 Å². The van der Waals surface area contributed by atoms with Gasteiger partial charge < -0.3 is 9.30 Å². The molecule has 8 heteroatoms. The van der Waals surface area contributed by atoms with E-state index in [1.807, 2.05) is 47.9 Å². The number of carbonyl (C=O) groups is 1. The molecule has 0 unspecified atom stereocenters. The lowest BCUT2D eigenvalue weighted by Crippen LogP contribution is -2.20. The number of ether oxygens (including phenoxy) is 1. The summed E-state index contributed by atoms with van der Waals surface area (Å²) in [6.45, 7) is 7.71. The van der Waals surface area contributed by atoms with Crippen LogP contribution in [0.15, 0.2) is 58.8 Å². The number of nitrogens with one attached hydrogen (secondary N) is 1. The van der Waals surface area contributed by atoms with Gasteiger partial charge in [0.1, 0.15) is 5.75 Å². The Morgan fingerprint density at radius 1 is 1.09 bits per heavy atom. The average molecular weight is 466 g/mol. The smallest absolute Gasteiger partial charge is 0.250 e. The number of nitrogens with zero attached hydrogens (tertiary/aromatic N) is 4. The number of thioether (sulfide) groups is 1. The number of benzene rings is 2. The zero-order valence-corrected chi connectivity index (χ0v) is 20.3. The second-order valence-corrected chi connectivity index (χ2v) is 8.57. The van der Waals surface area contributed by atoms with E-state index in [1.54, 1.807) is 6.21 Å². The molecule has 0 aliphatic heterocycles. The van der Waals surface area contributed by atoms with E-state index in [0.717, 1.165) is 42.3 Å². The van der Waals surface area contributed by atoms with E-state index >= 15 is 0 Å². The van der Waals surface area contributed by atoms with E-state index in [2.05, 4.69) is 46.7 Å². The topological polar surface area (TPSA) is 81.4 Å². The van der Waals surface area contributed by atoms with E-state index in [4.69, 9.17) is 4.74 Å². The first-order valence-corrected chi connectivity index (χ1v) is 12.3. The highest BCUT2D eigenvalue weighted by Gasteiger charge is 2.14. The summed E-state index contributed by atoms with van der Waals surface area (Å²) >= 11 is 1.34. The van der Waals surface area contributed by atoms with Gasteiger partial charge in [-0.2, -0.15) is 5.10 Å². The Kier molecular flexibility index (Phi) is 9.50. The number of amides is 1. The summed E-state index contributed by atoms with van der Waals surface area (Å²) in [7, 11) is 0. The molecule has 1 aromatic heterocycles. The largest absolute Gasteiger partial charge is 0.494 e. The minimum atomic E-state index is -0.199. The van der Waals surface area contributed by atoms with E-state index in [-0.39, 0.29) is 11.7 Å². The van der Waals surface area contributed by atoms with Crippen molar-refractivity contribution in [3.05, 3.63) is 59.7 Å². The van der Waals surface area contributed by atoms with Gasteiger partial charge in [-0.15, -0.1) is 10.2 Å². The Hall–Kier alpha value is -3.13. The maximum Gasteiger partial charge on any atom is 0.250 e. The summed E-state index contributed by atoms with van der Waals surface area (Å²) in [5.41, 5.74) is 5.66. The van der Waals surface area contributed by atoms with Crippen molar-refractivity contribution in [3.63, 3.8) is 0 Å². The third kappa shape index (κ3) is 7.46. The zero-order valence-electron chi connectivity index (χ0n) is 19.5. The number of hydrogen-bond acceptors (Lipinski definition) is 6. The number of aromatic nitrogens is 3. The second kappa shape index (κ2) is 12.8. The van der Waals surface area contributed by atoms with E-state index in [9.17, 15) is 4.79 Å². The van der Waals surface area contributed by atoms with E-state index in [0.29, 0.717) is 5.16 Å². The summed E-state index contributed by atoms with van der Waals surface area (Å²) in [5, 5.41) is 13.4. The molecule has 1 heterocycles. The molecule has 2 aromatic carbocycles. The fourth-order valence-corrected chi connectivity index (χ4v) is 3.92. The van der Waals surface area contributed by atoms with Gasteiger partial charge in [-0.05, 0) is 50.1 Å². The molecular weight excluding hydrogens is 434 g/mol. The average Bonchev–Trinajstić information content (AvgIpc) is 3.25. The van der Waals surface area contributed by atoms with Crippen molar-refractivity contribution in [2.24, 2.45) is 5.10 Å². The lowest BCUT2D eigenvalue weighted by molar-refractivity contribution is -0.118. The lowest BCUT2D eigenvalue weighted by Gasteiger charge is -2.07. The van der Waals surface area contributed by atoms with Crippen LogP contribution in [0.3, 0.4) is 0 Å². The molecule has 0 aliphatic carbocycles. The third-order valence-electron chi connectivity index (χ3n) is 4.97. The Labute approximate surface area is 199 Å². The van der Waals surface area contributed by atoms with Crippen molar-refractivity contribution < 1.29 is 9.53 Å². The highest BCUT2D eigenvalue weighted by atomic mass is 32.2. The molecule has 3 rings (SSSR count). The second-order valence-electron chi connectivity index (χ2n) is 7.62. The standard InChI is InChI=1S/C25H31N5O2S/c1-4-6-7-16-32-22-14-10-20(11-15-22)17-26-27-23(31)18-33-25-29-28-24(30(25)5-2)21-12-8-19(3)9-13-21/h8-15,17H,4-7,16,18H2,1-3H3,(H,27,31). The van der Waals surface area contributed by atoms with Crippen molar-refractivity contribution >= 4 is 23.9 Å². The van der Waals surface area contributed by atoms with Gasteiger partial charge in [0.05, 0.1) is 18.6 Å². The molecular formula is C25H31N5O2S. The van der Waals surface area contributed by atoms with Gasteiger partial charge in [0.25, 0.3) is 5.91 Å². The van der Waals surface area contributed by atoms with Gasteiger partial charge in [-0.3, -0.25) is 4.79 Å². The predicted octanol–water partition coefficient (Wildman–Crippen LogP) is 5.08. The zero-order chi connectivity index (χ0) is 23.5. The summed E-state index contributed by atoms with van der Waals surface area (Å²) in [6, 6.07) is 15.8. The maximum atomic E-state index is 12.2. The normalized spacial score (nSPS) is 11.1. The van der Waals surface area contributed by atoms with Crippen molar-refractivity contribution in [1.29, 1.82) is 0 Å². The summed E-state index contributed by atoms with van der Waals surface area (Å²) < 4.78 is 7.72. The monoisotopic (exact) mass is 465 g/mol. The third-order valence-corrected chi connectivity index (χ3v) is 5.94. The van der Waals surface area contributed by atoms with Crippen molar-refractivity contribution in [1.82, 2.24) is 20.2 Å². The van der Waals surface area contributed by atoms with Crippen LogP contribution in [0.2, 0.25) is 0 Å². The lowest BCUT2D eigenvalue weighted by atomic mass is 10.1. The number of aryl methyl sites for hydroxylation is 1. The highest BCUT2D eigenvalue weighted by Crippen LogP contribution is 2.24. The molecule has 1 N–H and O–H groups in total. The van der Waals surface area contributed by atoms with Crippen LogP contribution in [0.1, 0.15) is 44.2 Å². The molecule has 0 radical (unpaired) electrons.